The number of ether oxygens (including phenoxy) is 2. The van der Waals surface area contributed by atoms with E-state index >= 15 is 0 Å². The lowest BCUT2D eigenvalue weighted by molar-refractivity contribution is -0.127. The zero-order valence-corrected chi connectivity index (χ0v) is 22.1. The van der Waals surface area contributed by atoms with E-state index in [1.807, 2.05) is 6.07 Å². The van der Waals surface area contributed by atoms with Crippen LogP contribution >= 0.6 is 0 Å². The van der Waals surface area contributed by atoms with Crippen LogP contribution in [0.2, 0.25) is 0 Å². The number of carbonyl (C=O) groups is 4. The molecule has 11 heteroatoms. The van der Waals surface area contributed by atoms with Crippen LogP contribution in [0.25, 0.3) is 0 Å². The van der Waals surface area contributed by atoms with E-state index in [-0.39, 0.29) is 17.7 Å². The zero-order chi connectivity index (χ0) is 28.0. The Balaban J connectivity index is 2.21. The number of hydrogen-bond donors (Lipinski definition) is 4. The highest BCUT2D eigenvalue weighted by Gasteiger charge is 2.37. The van der Waals surface area contributed by atoms with Gasteiger partial charge in [-0.05, 0) is 60.1 Å². The molecule has 0 aliphatic rings. The predicted molar refractivity (Wildman–Crippen MR) is 136 cm³/mol. The molecule has 1 heterocycles. The van der Waals surface area contributed by atoms with E-state index < -0.39 is 46.2 Å². The number of aromatic amines is 1. The summed E-state index contributed by atoms with van der Waals surface area (Å²) in [7, 11) is 0. The van der Waals surface area contributed by atoms with Gasteiger partial charge in [0.25, 0.3) is 11.8 Å². The minimum absolute atomic E-state index is 0.0831. The van der Waals surface area contributed by atoms with Crippen molar-refractivity contribution in [2.24, 2.45) is 0 Å². The molecule has 0 aliphatic carbocycles. The fourth-order valence-corrected chi connectivity index (χ4v) is 3.15. The molecule has 2 rings (SSSR count). The maximum absolute atomic E-state index is 13.2. The van der Waals surface area contributed by atoms with Crippen LogP contribution in [-0.4, -0.2) is 45.6 Å². The second kappa shape index (κ2) is 11.3. The highest BCUT2D eigenvalue weighted by molar-refractivity contribution is 5.98. The highest BCUT2D eigenvalue weighted by Crippen LogP contribution is 2.16. The monoisotopic (exact) mass is 514 g/mol. The first-order valence-corrected chi connectivity index (χ1v) is 11.6. The molecule has 0 fully saturated rings. The van der Waals surface area contributed by atoms with Crippen molar-refractivity contribution in [3.05, 3.63) is 69.6 Å². The number of esters is 1. The first-order valence-electron chi connectivity index (χ1n) is 11.6. The van der Waals surface area contributed by atoms with Gasteiger partial charge in [-0.2, -0.15) is 0 Å². The molecule has 0 saturated heterocycles. The Kier molecular flexibility index (Phi) is 8.86. The first-order chi connectivity index (χ1) is 17.0. The van der Waals surface area contributed by atoms with Crippen LogP contribution in [0.1, 0.15) is 74.9 Å². The molecule has 4 N–H and O–H groups in total. The smallest absolute Gasteiger partial charge is 0.408 e. The Morgan fingerprint density at radius 1 is 0.838 bits per heavy atom. The van der Waals surface area contributed by atoms with E-state index in [1.165, 1.54) is 6.92 Å². The summed E-state index contributed by atoms with van der Waals surface area (Å²) in [5.74, 6) is -2.43. The molecule has 0 saturated carbocycles. The molecule has 0 radical (unpaired) electrons. The van der Waals surface area contributed by atoms with Crippen LogP contribution in [0.5, 0.6) is 0 Å². The van der Waals surface area contributed by atoms with Crippen molar-refractivity contribution in [3.8, 4) is 0 Å². The quantitative estimate of drug-likeness (QED) is 0.341. The standard InChI is InChI=1S/C26H34N4O7/c1-24(2,3)36-21(33)17-13-18(27-19(31)14-17)20(32)29-30-22(34)26(7,15-16-11-9-8-10-12-16)28-23(35)37-25(4,5)6/h8-14H,15H2,1-7H3,(H,27,31)(H,28,35)(H,29,32)(H,30,34)/t26-/m1/s1. The van der Waals surface area contributed by atoms with Crippen LogP contribution < -0.4 is 21.7 Å². The second-order valence-electron chi connectivity index (χ2n) is 10.7. The molecule has 11 nitrogen and oxygen atoms in total. The number of alkyl carbamates (subject to hydrolysis) is 1. The minimum Gasteiger partial charge on any atom is -0.456 e. The Hall–Kier alpha value is -4.15. The zero-order valence-electron chi connectivity index (χ0n) is 22.1. The molecule has 1 aromatic heterocycles. The SMILES string of the molecule is CC(C)(C)OC(=O)N[C@](C)(Cc1ccccc1)C(=O)NNC(=O)c1cc(C(=O)OC(C)(C)C)cc(=O)[nH]1. The third kappa shape index (κ3) is 9.43. The molecule has 0 spiro atoms. The van der Waals surface area contributed by atoms with Gasteiger partial charge in [0.2, 0.25) is 5.56 Å². The summed E-state index contributed by atoms with van der Waals surface area (Å²) in [4.78, 5) is 65.0. The number of nitrogens with one attached hydrogen (secondary N) is 4. The summed E-state index contributed by atoms with van der Waals surface area (Å²) in [6.07, 6.45) is -0.735. The topological polar surface area (TPSA) is 156 Å². The maximum atomic E-state index is 13.2. The maximum Gasteiger partial charge on any atom is 0.408 e. The first kappa shape index (κ1) is 29.1. The summed E-state index contributed by atoms with van der Waals surface area (Å²) >= 11 is 0. The van der Waals surface area contributed by atoms with Crippen LogP contribution in [-0.2, 0) is 20.7 Å². The van der Waals surface area contributed by atoms with E-state index in [0.29, 0.717) is 0 Å². The molecular formula is C26H34N4O7. The second-order valence-corrected chi connectivity index (χ2v) is 10.7. The van der Waals surface area contributed by atoms with Crippen LogP contribution in [0.4, 0.5) is 4.79 Å². The van der Waals surface area contributed by atoms with Gasteiger partial charge < -0.3 is 19.8 Å². The number of H-pyrrole nitrogens is 1. The Labute approximate surface area is 215 Å². The number of pyridine rings is 1. The van der Waals surface area contributed by atoms with Gasteiger partial charge in [-0.15, -0.1) is 0 Å². The predicted octanol–water partition coefficient (Wildman–Crippen LogP) is 2.62. The van der Waals surface area contributed by atoms with E-state index in [0.717, 1.165) is 17.7 Å². The number of rotatable bonds is 6. The van der Waals surface area contributed by atoms with Crippen molar-refractivity contribution in [3.63, 3.8) is 0 Å². The lowest BCUT2D eigenvalue weighted by atomic mass is 9.92. The van der Waals surface area contributed by atoms with Crippen LogP contribution in [0, 0.1) is 0 Å². The number of hydrogen-bond acceptors (Lipinski definition) is 7. The molecule has 0 aliphatic heterocycles. The number of benzene rings is 1. The number of carbonyl (C=O) groups excluding carboxylic acids is 4. The van der Waals surface area contributed by atoms with Crippen molar-refractivity contribution < 1.29 is 28.7 Å². The van der Waals surface area contributed by atoms with Gasteiger partial charge in [0.1, 0.15) is 22.4 Å². The van der Waals surface area contributed by atoms with Crippen molar-refractivity contribution in [1.82, 2.24) is 21.2 Å². The summed E-state index contributed by atoms with van der Waals surface area (Å²) in [6.45, 7) is 11.5. The van der Waals surface area contributed by atoms with Gasteiger partial charge in [-0.25, -0.2) is 9.59 Å². The van der Waals surface area contributed by atoms with Crippen LogP contribution in [0.15, 0.2) is 47.3 Å². The molecule has 200 valence electrons. The summed E-state index contributed by atoms with van der Waals surface area (Å²) in [5, 5.41) is 2.57. The van der Waals surface area contributed by atoms with Crippen LogP contribution in [0.3, 0.4) is 0 Å². The normalized spacial score (nSPS) is 13.1. The molecule has 2 aromatic rings. The third-order valence-electron chi connectivity index (χ3n) is 4.69. The van der Waals surface area contributed by atoms with Gasteiger partial charge in [0.15, 0.2) is 0 Å². The molecule has 1 atom stereocenters. The molecule has 37 heavy (non-hydrogen) atoms. The van der Waals surface area contributed by atoms with Gasteiger partial charge in [-0.1, -0.05) is 30.3 Å². The van der Waals surface area contributed by atoms with Gasteiger partial charge in [-0.3, -0.25) is 25.2 Å². The van der Waals surface area contributed by atoms with Crippen molar-refractivity contribution >= 4 is 23.9 Å². The summed E-state index contributed by atoms with van der Waals surface area (Å²) < 4.78 is 10.5. The van der Waals surface area contributed by atoms with E-state index in [1.54, 1.807) is 65.8 Å². The highest BCUT2D eigenvalue weighted by atomic mass is 16.6. The lowest BCUT2D eigenvalue weighted by Gasteiger charge is -2.31. The molecule has 0 unspecified atom stereocenters. The largest absolute Gasteiger partial charge is 0.456 e. The summed E-state index contributed by atoms with van der Waals surface area (Å²) in [5.41, 5.74) is 0.972. The Morgan fingerprint density at radius 2 is 1.43 bits per heavy atom. The van der Waals surface area contributed by atoms with Gasteiger partial charge in [0, 0.05) is 12.5 Å². The Bertz CT molecular complexity index is 1210. The van der Waals surface area contributed by atoms with E-state index in [9.17, 15) is 24.0 Å². The lowest BCUT2D eigenvalue weighted by Crippen LogP contribution is -2.61. The molecular weight excluding hydrogens is 480 g/mol. The van der Waals surface area contributed by atoms with Crippen molar-refractivity contribution in [2.45, 2.75) is 71.6 Å². The number of amides is 3. The molecule has 3 amide bonds. The molecule has 0 bridgehead atoms. The minimum atomic E-state index is -1.53. The average molecular weight is 515 g/mol. The number of hydrazine groups is 1. The average Bonchev–Trinajstić information content (AvgIpc) is 2.74. The van der Waals surface area contributed by atoms with Gasteiger partial charge in [0.05, 0.1) is 5.56 Å². The number of aromatic nitrogens is 1. The third-order valence-corrected chi connectivity index (χ3v) is 4.69. The fraction of sp³-hybridized carbons (Fsp3) is 0.423. The van der Waals surface area contributed by atoms with Crippen molar-refractivity contribution in [1.29, 1.82) is 0 Å². The van der Waals surface area contributed by atoms with E-state index in [2.05, 4.69) is 21.2 Å². The summed E-state index contributed by atoms with van der Waals surface area (Å²) in [6, 6.07) is 11.1. The fourth-order valence-electron chi connectivity index (χ4n) is 3.15. The molecule has 1 aromatic carbocycles. The van der Waals surface area contributed by atoms with Crippen molar-refractivity contribution in [2.75, 3.05) is 0 Å². The van der Waals surface area contributed by atoms with Gasteiger partial charge >= 0.3 is 12.1 Å². The van der Waals surface area contributed by atoms with E-state index in [4.69, 9.17) is 9.47 Å². The Morgan fingerprint density at radius 3 is 2.00 bits per heavy atom.